The molecule has 0 radical (unpaired) electrons. The zero-order chi connectivity index (χ0) is 34.7. The number of amides is 5. The number of piperidine rings is 1. The molecule has 264 valence electrons. The molecular formula is C39H53N5O5. The number of nitrogens with zero attached hydrogens (tertiary/aromatic N) is 1. The molecule has 1 aromatic carbocycles. The minimum atomic E-state index is -0.996. The normalized spacial score (nSPS) is 32.8. The molecule has 8 rings (SSSR count). The molecule has 7 aliphatic rings. The van der Waals surface area contributed by atoms with Crippen molar-refractivity contribution in [3.05, 3.63) is 48.0 Å². The molecule has 4 bridgehead atoms. The van der Waals surface area contributed by atoms with Gasteiger partial charge in [-0.15, -0.1) is 6.58 Å². The summed E-state index contributed by atoms with van der Waals surface area (Å²) in [6.45, 7) is 10.3. The van der Waals surface area contributed by atoms with E-state index in [0.29, 0.717) is 50.0 Å². The summed E-state index contributed by atoms with van der Waals surface area (Å²) in [7, 11) is 0. The third-order valence-corrected chi connectivity index (χ3v) is 13.1. The predicted molar refractivity (Wildman–Crippen MR) is 185 cm³/mol. The van der Waals surface area contributed by atoms with Gasteiger partial charge in [-0.2, -0.15) is 0 Å². The van der Waals surface area contributed by atoms with Crippen molar-refractivity contribution in [3.63, 3.8) is 0 Å². The molecule has 0 aromatic heterocycles. The number of carbonyl (C=O) groups excluding carboxylic acids is 5. The van der Waals surface area contributed by atoms with Crippen LogP contribution in [-0.2, 0) is 32.0 Å². The van der Waals surface area contributed by atoms with Crippen LogP contribution >= 0.6 is 0 Å². The molecule has 1 aliphatic heterocycles. The van der Waals surface area contributed by atoms with E-state index >= 15 is 0 Å². The van der Waals surface area contributed by atoms with Gasteiger partial charge in [0, 0.05) is 18.6 Å². The van der Waals surface area contributed by atoms with Gasteiger partial charge in [0.05, 0.1) is 6.04 Å². The lowest BCUT2D eigenvalue weighted by atomic mass is 9.53. The van der Waals surface area contributed by atoms with Crippen molar-refractivity contribution >= 4 is 29.5 Å². The number of benzene rings is 1. The lowest BCUT2D eigenvalue weighted by Crippen LogP contribution is -2.64. The van der Waals surface area contributed by atoms with Gasteiger partial charge in [-0.1, -0.05) is 57.5 Å². The van der Waals surface area contributed by atoms with Crippen molar-refractivity contribution in [1.29, 1.82) is 0 Å². The molecule has 1 unspecified atom stereocenters. The number of hydrogen-bond donors (Lipinski definition) is 4. The maximum atomic E-state index is 14.8. The van der Waals surface area contributed by atoms with Crippen LogP contribution in [0.3, 0.4) is 0 Å². The molecule has 6 fully saturated rings. The van der Waals surface area contributed by atoms with Gasteiger partial charge < -0.3 is 26.2 Å². The van der Waals surface area contributed by atoms with Gasteiger partial charge in [0.2, 0.25) is 17.6 Å². The molecule has 1 saturated heterocycles. The van der Waals surface area contributed by atoms with E-state index in [1.54, 1.807) is 4.90 Å². The van der Waals surface area contributed by atoms with Gasteiger partial charge in [0.15, 0.2) is 0 Å². The van der Waals surface area contributed by atoms with Crippen LogP contribution < -0.4 is 21.3 Å². The number of urea groups is 1. The topological polar surface area (TPSA) is 137 Å². The Balaban J connectivity index is 1.12. The standard InChI is InChI=1S/C39H53N5O5/c1-5-9-29(33(45)35(47)40-12-6-2)41-34(46)32-30-28(38(30,3)4)21-44(32)36(48)31(27-16-25-10-7-8-11-26(25)17-27)42-37(49)43-39-18-22-13-23(19-39)15-24(14-22)20-39/h6-8,10-11,22-24,27-32H,2,5,9,12-21H2,1,3-4H3,(H,40,47)(H,41,46)(H2,42,43,49)/t22?,23?,24?,28-,29?,30-,31-,32-,39?/m0/s1. The zero-order valence-electron chi connectivity index (χ0n) is 29.3. The van der Waals surface area contributed by atoms with Gasteiger partial charge in [-0.3, -0.25) is 19.2 Å². The summed E-state index contributed by atoms with van der Waals surface area (Å²) >= 11 is 0. The average molecular weight is 672 g/mol. The summed E-state index contributed by atoms with van der Waals surface area (Å²) in [5, 5.41) is 12.0. The molecule has 1 aromatic rings. The highest BCUT2D eigenvalue weighted by Gasteiger charge is 2.70. The van der Waals surface area contributed by atoms with Crippen LogP contribution in [-0.4, -0.2) is 71.2 Å². The highest BCUT2D eigenvalue weighted by molar-refractivity contribution is 6.38. The number of carbonyl (C=O) groups is 5. The van der Waals surface area contributed by atoms with Crippen molar-refractivity contribution in [3.8, 4) is 0 Å². The molecule has 5 saturated carbocycles. The SMILES string of the molecule is C=CCNC(=O)C(=O)C(CCC)NC(=O)[C@@H]1[C@@H]2[C@H](CN1C(=O)[C@@H](NC(=O)NC13CC4CC(CC(C4)C1)C3)C1Cc3ccccc3C1)C2(C)C. The second-order valence-electron chi connectivity index (χ2n) is 16.8. The van der Waals surface area contributed by atoms with E-state index in [-0.39, 0.29) is 47.2 Å². The maximum Gasteiger partial charge on any atom is 0.315 e. The fourth-order valence-corrected chi connectivity index (χ4v) is 11.1. The third-order valence-electron chi connectivity index (χ3n) is 13.1. The summed E-state index contributed by atoms with van der Waals surface area (Å²) < 4.78 is 0. The van der Waals surface area contributed by atoms with E-state index in [1.807, 2.05) is 19.1 Å². The Bertz CT molecular complexity index is 1480. The second-order valence-corrected chi connectivity index (χ2v) is 16.8. The first-order valence-electron chi connectivity index (χ1n) is 18.6. The number of fused-ring (bicyclic) bond motifs is 2. The summed E-state index contributed by atoms with van der Waals surface area (Å²) in [6, 6.07) is 5.30. The smallest absolute Gasteiger partial charge is 0.315 e. The van der Waals surface area contributed by atoms with E-state index in [4.69, 9.17) is 0 Å². The van der Waals surface area contributed by atoms with Gasteiger partial charge in [-0.25, -0.2) is 4.79 Å². The van der Waals surface area contributed by atoms with Crippen LogP contribution in [0, 0.1) is 40.9 Å². The Kier molecular flexibility index (Phi) is 8.89. The van der Waals surface area contributed by atoms with Gasteiger partial charge in [0.1, 0.15) is 12.1 Å². The van der Waals surface area contributed by atoms with E-state index in [0.717, 1.165) is 19.3 Å². The Morgan fingerprint density at radius 3 is 2.14 bits per heavy atom. The highest BCUT2D eigenvalue weighted by atomic mass is 16.2. The predicted octanol–water partition coefficient (Wildman–Crippen LogP) is 3.68. The third kappa shape index (κ3) is 6.29. The minimum absolute atomic E-state index is 0.0781. The van der Waals surface area contributed by atoms with Crippen molar-refractivity contribution < 1.29 is 24.0 Å². The lowest BCUT2D eigenvalue weighted by Gasteiger charge is -2.56. The second kappa shape index (κ2) is 12.9. The number of likely N-dealkylation sites (tertiary alicyclic amines) is 1. The molecular weight excluding hydrogens is 618 g/mol. The maximum absolute atomic E-state index is 14.8. The van der Waals surface area contributed by atoms with Crippen molar-refractivity contribution in [1.82, 2.24) is 26.2 Å². The summed E-state index contributed by atoms with van der Waals surface area (Å²) in [5.74, 6) is -0.219. The number of ketones is 1. The molecule has 10 nitrogen and oxygen atoms in total. The number of Topliss-reactive ketones (excluding diaryl/α,β-unsaturated/α-hetero) is 1. The van der Waals surface area contributed by atoms with E-state index < -0.39 is 35.7 Å². The van der Waals surface area contributed by atoms with Gasteiger partial charge in [-0.05, 0) is 110 Å². The van der Waals surface area contributed by atoms with Crippen molar-refractivity contribution in [2.45, 2.75) is 109 Å². The molecule has 6 aliphatic carbocycles. The molecule has 5 amide bonds. The Hall–Kier alpha value is -3.69. The van der Waals surface area contributed by atoms with Crippen LogP contribution in [0.15, 0.2) is 36.9 Å². The van der Waals surface area contributed by atoms with Crippen LogP contribution in [0.25, 0.3) is 0 Å². The molecule has 4 N–H and O–H groups in total. The summed E-state index contributed by atoms with van der Waals surface area (Å²) in [5.41, 5.74) is 2.02. The number of hydrogen-bond acceptors (Lipinski definition) is 5. The molecule has 1 heterocycles. The number of rotatable bonds is 12. The Morgan fingerprint density at radius 1 is 0.959 bits per heavy atom. The van der Waals surface area contributed by atoms with Gasteiger partial charge in [0.25, 0.3) is 5.91 Å². The first-order valence-corrected chi connectivity index (χ1v) is 18.6. The quantitative estimate of drug-likeness (QED) is 0.199. The van der Waals surface area contributed by atoms with Crippen LogP contribution in [0.5, 0.6) is 0 Å². The van der Waals surface area contributed by atoms with Crippen molar-refractivity contribution in [2.75, 3.05) is 13.1 Å². The molecule has 10 heteroatoms. The van der Waals surface area contributed by atoms with Crippen LogP contribution in [0.2, 0.25) is 0 Å². The fraction of sp³-hybridized carbons (Fsp3) is 0.667. The van der Waals surface area contributed by atoms with E-state index in [1.165, 1.54) is 36.5 Å². The molecule has 49 heavy (non-hydrogen) atoms. The summed E-state index contributed by atoms with van der Waals surface area (Å²) in [4.78, 5) is 70.3. The minimum Gasteiger partial charge on any atom is -0.346 e. The molecule has 5 atom stereocenters. The van der Waals surface area contributed by atoms with E-state index in [9.17, 15) is 24.0 Å². The Morgan fingerprint density at radius 2 is 1.57 bits per heavy atom. The first-order chi connectivity index (χ1) is 23.4. The Labute approximate surface area is 290 Å². The molecule has 0 spiro atoms. The van der Waals surface area contributed by atoms with Crippen LogP contribution in [0.1, 0.15) is 83.3 Å². The van der Waals surface area contributed by atoms with Gasteiger partial charge >= 0.3 is 6.03 Å². The van der Waals surface area contributed by atoms with Crippen LogP contribution in [0.4, 0.5) is 4.79 Å². The van der Waals surface area contributed by atoms with Crippen molar-refractivity contribution in [2.24, 2.45) is 40.9 Å². The fourth-order valence-electron chi connectivity index (χ4n) is 11.1. The first kappa shape index (κ1) is 33.8. The largest absolute Gasteiger partial charge is 0.346 e. The highest BCUT2D eigenvalue weighted by Crippen LogP contribution is 2.65. The monoisotopic (exact) mass is 671 g/mol. The summed E-state index contributed by atoms with van der Waals surface area (Å²) in [6.07, 6.45) is 10.6. The lowest BCUT2D eigenvalue weighted by molar-refractivity contribution is -0.144. The van der Waals surface area contributed by atoms with E-state index in [2.05, 4.69) is 53.8 Å². The zero-order valence-corrected chi connectivity index (χ0v) is 29.3. The number of nitrogens with one attached hydrogen (secondary N) is 4. The average Bonchev–Trinajstić information content (AvgIpc) is 3.41.